The third kappa shape index (κ3) is 4.47. The molecule has 0 radical (unpaired) electrons. The summed E-state index contributed by atoms with van der Waals surface area (Å²) >= 11 is 6.18. The smallest absolute Gasteiger partial charge is 0.276 e. The first-order valence-electron chi connectivity index (χ1n) is 10.1. The highest BCUT2D eigenvalue weighted by molar-refractivity contribution is 6.31. The molecule has 0 fully saturated rings. The monoisotopic (exact) mass is 425 g/mol. The molecule has 0 aliphatic heterocycles. The zero-order chi connectivity index (χ0) is 20.9. The van der Waals surface area contributed by atoms with Crippen molar-refractivity contribution >= 4 is 39.9 Å². The largest absolute Gasteiger partial charge is 0.384 e. The minimum atomic E-state index is -0.576. The number of nitrogens with zero attached hydrogens (tertiary/aromatic N) is 2. The van der Waals surface area contributed by atoms with Crippen LogP contribution >= 0.6 is 11.6 Å². The summed E-state index contributed by atoms with van der Waals surface area (Å²) < 4.78 is 0. The van der Waals surface area contributed by atoms with Gasteiger partial charge in [0.2, 0.25) is 0 Å². The Morgan fingerprint density at radius 2 is 1.93 bits per heavy atom. The van der Waals surface area contributed by atoms with Crippen LogP contribution in [0.2, 0.25) is 5.02 Å². The summed E-state index contributed by atoms with van der Waals surface area (Å²) in [6.45, 7) is 1.55. The van der Waals surface area contributed by atoms with Gasteiger partial charge in [-0.2, -0.15) is 0 Å². The van der Waals surface area contributed by atoms with Gasteiger partial charge >= 0.3 is 0 Å². The van der Waals surface area contributed by atoms with E-state index in [2.05, 4.69) is 15.6 Å². The van der Waals surface area contributed by atoms with Gasteiger partial charge in [0.05, 0.1) is 11.1 Å². The second kappa shape index (κ2) is 9.28. The number of aromatic nitrogens is 2. The maximum atomic E-state index is 11.3. The molecule has 0 saturated carbocycles. The maximum Gasteiger partial charge on any atom is 0.276 e. The van der Waals surface area contributed by atoms with Crippen molar-refractivity contribution in [2.75, 3.05) is 23.7 Å². The zero-order valence-electron chi connectivity index (χ0n) is 16.5. The van der Waals surface area contributed by atoms with E-state index in [0.717, 1.165) is 43.3 Å². The van der Waals surface area contributed by atoms with Crippen LogP contribution in [0, 0.1) is 0 Å². The molecule has 1 aliphatic rings. The number of amides is 1. The fourth-order valence-corrected chi connectivity index (χ4v) is 3.98. The Morgan fingerprint density at radius 3 is 2.73 bits per heavy atom. The molecule has 30 heavy (non-hydrogen) atoms. The molecule has 8 heteroatoms. The van der Waals surface area contributed by atoms with Gasteiger partial charge in [-0.05, 0) is 68.0 Å². The number of hydrogen-bond acceptors (Lipinski definition) is 6. The number of carbonyl (C=O) groups excluding carboxylic acids is 1. The fourth-order valence-electron chi connectivity index (χ4n) is 3.82. The van der Waals surface area contributed by atoms with Crippen molar-refractivity contribution in [1.29, 1.82) is 0 Å². The number of carbonyl (C=O) groups is 1. The van der Waals surface area contributed by atoms with Crippen molar-refractivity contribution in [2.24, 2.45) is 0 Å². The van der Waals surface area contributed by atoms with E-state index in [1.165, 1.54) is 36.0 Å². The minimum absolute atomic E-state index is 0.305. The maximum absolute atomic E-state index is 11.3. The van der Waals surface area contributed by atoms with Crippen LogP contribution in [0.1, 0.15) is 40.9 Å². The Kier molecular flexibility index (Phi) is 6.30. The van der Waals surface area contributed by atoms with Crippen molar-refractivity contribution in [3.05, 3.63) is 58.4 Å². The highest BCUT2D eigenvalue weighted by Crippen LogP contribution is 2.34. The van der Waals surface area contributed by atoms with Crippen LogP contribution in [-0.2, 0) is 12.8 Å². The number of pyridine rings is 2. The van der Waals surface area contributed by atoms with E-state index in [9.17, 15) is 4.79 Å². The lowest BCUT2D eigenvalue weighted by Crippen LogP contribution is -2.19. The van der Waals surface area contributed by atoms with Crippen molar-refractivity contribution < 1.29 is 10.0 Å². The summed E-state index contributed by atoms with van der Waals surface area (Å²) in [5, 5.41) is 17.3. The van der Waals surface area contributed by atoms with E-state index >= 15 is 0 Å². The molecule has 156 valence electrons. The number of fused-ring (bicyclic) bond motifs is 2. The third-order valence-electron chi connectivity index (χ3n) is 5.31. The molecule has 0 unspecified atom stereocenters. The number of hydrogen-bond donors (Lipinski definition) is 4. The van der Waals surface area contributed by atoms with Gasteiger partial charge in [0.25, 0.3) is 5.91 Å². The van der Waals surface area contributed by atoms with Crippen LogP contribution in [0.4, 0.5) is 11.5 Å². The van der Waals surface area contributed by atoms with E-state index in [1.54, 1.807) is 17.6 Å². The lowest BCUT2D eigenvalue weighted by atomic mass is 9.92. The number of hydroxylamine groups is 1. The minimum Gasteiger partial charge on any atom is -0.384 e. The van der Waals surface area contributed by atoms with Gasteiger partial charge in [-0.25, -0.2) is 10.5 Å². The molecule has 1 aromatic carbocycles. The Bertz CT molecular complexity index is 1060. The topological polar surface area (TPSA) is 99.2 Å². The zero-order valence-corrected chi connectivity index (χ0v) is 17.3. The average Bonchev–Trinajstić information content (AvgIpc) is 2.78. The van der Waals surface area contributed by atoms with Crippen LogP contribution in [-0.4, -0.2) is 34.2 Å². The molecule has 0 spiro atoms. The summed E-state index contributed by atoms with van der Waals surface area (Å²) in [6, 6.07) is 9.23. The molecule has 4 N–H and O–H groups in total. The van der Waals surface area contributed by atoms with E-state index in [4.69, 9.17) is 21.8 Å². The Hall–Kier alpha value is -2.90. The molecule has 7 nitrogen and oxygen atoms in total. The highest BCUT2D eigenvalue weighted by atomic mass is 35.5. The normalized spacial score (nSPS) is 13.0. The molecule has 1 aliphatic carbocycles. The summed E-state index contributed by atoms with van der Waals surface area (Å²) in [4.78, 5) is 20.4. The number of aryl methyl sites for hydroxylation is 1. The van der Waals surface area contributed by atoms with Crippen LogP contribution in [0.25, 0.3) is 10.9 Å². The number of halogens is 1. The third-order valence-corrected chi connectivity index (χ3v) is 5.55. The molecule has 2 heterocycles. The van der Waals surface area contributed by atoms with Gasteiger partial charge in [0, 0.05) is 41.1 Å². The Morgan fingerprint density at radius 1 is 1.10 bits per heavy atom. The van der Waals surface area contributed by atoms with Crippen molar-refractivity contribution in [3.8, 4) is 0 Å². The van der Waals surface area contributed by atoms with Crippen LogP contribution in [0.15, 0.2) is 36.5 Å². The van der Waals surface area contributed by atoms with Gasteiger partial charge in [0.15, 0.2) is 0 Å². The molecule has 1 amide bonds. The highest BCUT2D eigenvalue weighted by Gasteiger charge is 2.18. The quantitative estimate of drug-likeness (QED) is 0.257. The van der Waals surface area contributed by atoms with Crippen molar-refractivity contribution in [3.63, 3.8) is 0 Å². The van der Waals surface area contributed by atoms with Gasteiger partial charge in [-0.3, -0.25) is 15.0 Å². The average molecular weight is 426 g/mol. The molecular formula is C22H24ClN5O2. The molecule has 0 atom stereocenters. The summed E-state index contributed by atoms with van der Waals surface area (Å²) in [6.07, 6.45) is 6.77. The van der Waals surface area contributed by atoms with Gasteiger partial charge in [-0.15, -0.1) is 0 Å². The van der Waals surface area contributed by atoms with Crippen molar-refractivity contribution in [1.82, 2.24) is 15.4 Å². The molecule has 0 bridgehead atoms. The van der Waals surface area contributed by atoms with Gasteiger partial charge in [-0.1, -0.05) is 11.6 Å². The molecular weight excluding hydrogens is 402 g/mol. The van der Waals surface area contributed by atoms with Crippen molar-refractivity contribution in [2.45, 2.75) is 32.1 Å². The first kappa shape index (κ1) is 20.4. The summed E-state index contributed by atoms with van der Waals surface area (Å²) in [7, 11) is 0. The van der Waals surface area contributed by atoms with Gasteiger partial charge < -0.3 is 10.6 Å². The lowest BCUT2D eigenvalue weighted by molar-refractivity contribution is 0.0706. The Labute approximate surface area is 179 Å². The predicted octanol–water partition coefficient (Wildman–Crippen LogP) is 4.20. The molecule has 0 saturated heterocycles. The van der Waals surface area contributed by atoms with Crippen LogP contribution in [0.3, 0.4) is 0 Å². The summed E-state index contributed by atoms with van der Waals surface area (Å²) in [5.74, 6) is 0.110. The molecule has 3 aromatic rings. The van der Waals surface area contributed by atoms with Crippen LogP contribution < -0.4 is 16.1 Å². The van der Waals surface area contributed by atoms with Gasteiger partial charge in [0.1, 0.15) is 5.82 Å². The second-order valence-electron chi connectivity index (χ2n) is 7.36. The van der Waals surface area contributed by atoms with Crippen LogP contribution in [0.5, 0.6) is 0 Å². The number of nitrogens with one attached hydrogen (secondary N) is 3. The van der Waals surface area contributed by atoms with E-state index in [-0.39, 0.29) is 0 Å². The number of rotatable bonds is 7. The first-order valence-corrected chi connectivity index (χ1v) is 10.5. The van der Waals surface area contributed by atoms with E-state index in [1.807, 2.05) is 18.2 Å². The number of benzene rings is 1. The fraction of sp³-hybridized carbons (Fsp3) is 0.318. The Balaban J connectivity index is 1.39. The molecule has 2 aromatic heterocycles. The number of anilines is 2. The molecule has 4 rings (SSSR count). The van der Waals surface area contributed by atoms with E-state index < -0.39 is 5.91 Å². The first-order chi connectivity index (χ1) is 14.7. The lowest BCUT2D eigenvalue weighted by Gasteiger charge is -2.22. The van der Waals surface area contributed by atoms with E-state index in [0.29, 0.717) is 16.4 Å². The second-order valence-corrected chi connectivity index (χ2v) is 7.80. The predicted molar refractivity (Wildman–Crippen MR) is 118 cm³/mol. The SMILES string of the molecule is O=C(NO)c1ccc(NCCCNc2c3c(nc4cc(Cl)ccc24)CCCC3)nc1. The standard InChI is InChI=1S/C22H24ClN5O2/c23-15-7-8-17-19(12-15)27-18-5-2-1-4-16(18)21(17)25-11-3-10-24-20-9-6-14(13-26-20)22(29)28-30/h6-9,12-13,30H,1-5,10-11H2,(H,24,26)(H,25,27)(H,28,29). The summed E-state index contributed by atoms with van der Waals surface area (Å²) in [5.41, 5.74) is 6.55.